The van der Waals surface area contributed by atoms with Crippen LogP contribution >= 0.6 is 27.5 Å². The Morgan fingerprint density at radius 3 is 2.85 bits per heavy atom. The lowest BCUT2D eigenvalue weighted by Crippen LogP contribution is -1.86. The van der Waals surface area contributed by atoms with Gasteiger partial charge in [0, 0.05) is 10.9 Å². The molecule has 0 aliphatic carbocycles. The molecule has 1 aromatic carbocycles. The van der Waals surface area contributed by atoms with Gasteiger partial charge in [-0.3, -0.25) is 0 Å². The predicted molar refractivity (Wildman–Crippen MR) is 58.2 cm³/mol. The first kappa shape index (κ1) is 10.7. The predicted octanol–water partition coefficient (Wildman–Crippen LogP) is 3.62. The molecule has 70 valence electrons. The highest BCUT2D eigenvalue weighted by Crippen LogP contribution is 2.23. The lowest BCUT2D eigenvalue weighted by Gasteiger charge is -2.01. The smallest absolute Gasteiger partial charge is 0.120 e. The third-order valence-electron chi connectivity index (χ3n) is 1.77. The summed E-state index contributed by atoms with van der Waals surface area (Å²) >= 11 is 9.23. The van der Waals surface area contributed by atoms with Crippen molar-refractivity contribution in [1.82, 2.24) is 0 Å². The molecule has 0 aliphatic heterocycles. The van der Waals surface area contributed by atoms with E-state index >= 15 is 0 Å². The SMILES string of the molecule is O=CCCCc1ccc(Br)c(Cl)c1. The molecule has 0 atom stereocenters. The fourth-order valence-corrected chi connectivity index (χ4v) is 1.53. The van der Waals surface area contributed by atoms with E-state index in [2.05, 4.69) is 15.9 Å². The zero-order valence-corrected chi connectivity index (χ0v) is 9.44. The second-order valence-electron chi connectivity index (χ2n) is 2.81. The molecule has 0 amide bonds. The summed E-state index contributed by atoms with van der Waals surface area (Å²) in [6.45, 7) is 0. The van der Waals surface area contributed by atoms with Gasteiger partial charge < -0.3 is 4.79 Å². The molecule has 0 spiro atoms. The molecule has 0 saturated heterocycles. The molecule has 1 rings (SSSR count). The zero-order chi connectivity index (χ0) is 9.68. The number of hydrogen-bond acceptors (Lipinski definition) is 1. The van der Waals surface area contributed by atoms with Gasteiger partial charge in [-0.05, 0) is 46.5 Å². The Balaban J connectivity index is 2.57. The molecule has 0 bridgehead atoms. The Hall–Kier alpha value is -0.340. The van der Waals surface area contributed by atoms with Crippen LogP contribution in [0.5, 0.6) is 0 Å². The maximum absolute atomic E-state index is 10.1. The molecule has 3 heteroatoms. The zero-order valence-electron chi connectivity index (χ0n) is 7.09. The number of carbonyl (C=O) groups is 1. The summed E-state index contributed by atoms with van der Waals surface area (Å²) < 4.78 is 0.910. The summed E-state index contributed by atoms with van der Waals surface area (Å²) in [6, 6.07) is 5.87. The van der Waals surface area contributed by atoms with E-state index in [9.17, 15) is 4.79 Å². The van der Waals surface area contributed by atoms with Gasteiger partial charge in [-0.25, -0.2) is 0 Å². The molecule has 0 heterocycles. The fraction of sp³-hybridized carbons (Fsp3) is 0.300. The minimum absolute atomic E-state index is 0.619. The van der Waals surface area contributed by atoms with E-state index in [0.717, 1.165) is 28.6 Å². The van der Waals surface area contributed by atoms with Gasteiger partial charge in [-0.15, -0.1) is 0 Å². The molecule has 0 aromatic heterocycles. The Kier molecular flexibility index (Phi) is 4.46. The summed E-state index contributed by atoms with van der Waals surface area (Å²) in [5.41, 5.74) is 1.18. The Morgan fingerprint density at radius 1 is 1.46 bits per heavy atom. The van der Waals surface area contributed by atoms with Crippen molar-refractivity contribution in [2.45, 2.75) is 19.3 Å². The number of aldehydes is 1. The lowest BCUT2D eigenvalue weighted by atomic mass is 10.1. The molecular formula is C10H10BrClO. The average Bonchev–Trinajstić information content (AvgIpc) is 2.12. The Labute approximate surface area is 91.2 Å². The van der Waals surface area contributed by atoms with Gasteiger partial charge >= 0.3 is 0 Å². The van der Waals surface area contributed by atoms with Crippen LogP contribution in [0, 0.1) is 0 Å². The number of unbranched alkanes of at least 4 members (excludes halogenated alkanes) is 1. The molecule has 0 fully saturated rings. The van der Waals surface area contributed by atoms with Crippen LogP contribution in [0.3, 0.4) is 0 Å². The van der Waals surface area contributed by atoms with Gasteiger partial charge in [0.1, 0.15) is 6.29 Å². The van der Waals surface area contributed by atoms with Gasteiger partial charge in [0.05, 0.1) is 5.02 Å². The van der Waals surface area contributed by atoms with E-state index < -0.39 is 0 Å². The van der Waals surface area contributed by atoms with Crippen LogP contribution in [0.1, 0.15) is 18.4 Å². The van der Waals surface area contributed by atoms with Crippen molar-refractivity contribution >= 4 is 33.8 Å². The van der Waals surface area contributed by atoms with Gasteiger partial charge in [-0.1, -0.05) is 17.7 Å². The summed E-state index contributed by atoms with van der Waals surface area (Å²) in [7, 11) is 0. The van der Waals surface area contributed by atoms with E-state index in [0.29, 0.717) is 6.42 Å². The number of rotatable bonds is 4. The molecule has 0 radical (unpaired) electrons. The minimum Gasteiger partial charge on any atom is -0.303 e. The summed E-state index contributed by atoms with van der Waals surface area (Å²) in [5, 5.41) is 0.726. The van der Waals surface area contributed by atoms with E-state index in [1.807, 2.05) is 18.2 Å². The number of benzene rings is 1. The lowest BCUT2D eigenvalue weighted by molar-refractivity contribution is -0.107. The quantitative estimate of drug-likeness (QED) is 0.597. The third-order valence-corrected chi connectivity index (χ3v) is 3.00. The molecule has 1 nitrogen and oxygen atoms in total. The molecule has 1 aromatic rings. The summed E-state index contributed by atoms with van der Waals surface area (Å²) in [5.74, 6) is 0. The van der Waals surface area contributed by atoms with Crippen molar-refractivity contribution in [3.8, 4) is 0 Å². The molecule has 0 saturated carbocycles. The van der Waals surface area contributed by atoms with Gasteiger partial charge in [0.15, 0.2) is 0 Å². The highest BCUT2D eigenvalue weighted by molar-refractivity contribution is 9.10. The molecule has 13 heavy (non-hydrogen) atoms. The van der Waals surface area contributed by atoms with Crippen molar-refractivity contribution in [2.75, 3.05) is 0 Å². The van der Waals surface area contributed by atoms with Crippen LogP contribution in [0.2, 0.25) is 5.02 Å². The van der Waals surface area contributed by atoms with Crippen LogP contribution in [0.4, 0.5) is 0 Å². The van der Waals surface area contributed by atoms with Gasteiger partial charge in [-0.2, -0.15) is 0 Å². The Morgan fingerprint density at radius 2 is 2.23 bits per heavy atom. The second kappa shape index (κ2) is 5.40. The van der Waals surface area contributed by atoms with Crippen LogP contribution in [-0.4, -0.2) is 6.29 Å². The first-order valence-corrected chi connectivity index (χ1v) is 5.28. The highest BCUT2D eigenvalue weighted by Gasteiger charge is 1.98. The second-order valence-corrected chi connectivity index (χ2v) is 4.07. The third kappa shape index (κ3) is 3.49. The van der Waals surface area contributed by atoms with Crippen molar-refractivity contribution in [3.63, 3.8) is 0 Å². The molecule has 0 aliphatic rings. The minimum atomic E-state index is 0.619. The molecule has 0 unspecified atom stereocenters. The van der Waals surface area contributed by atoms with Crippen LogP contribution < -0.4 is 0 Å². The van der Waals surface area contributed by atoms with Crippen LogP contribution in [0.15, 0.2) is 22.7 Å². The number of hydrogen-bond donors (Lipinski definition) is 0. The molecule has 0 N–H and O–H groups in total. The average molecular weight is 262 g/mol. The van der Waals surface area contributed by atoms with E-state index in [1.54, 1.807) is 0 Å². The van der Waals surface area contributed by atoms with Crippen LogP contribution in [-0.2, 0) is 11.2 Å². The first-order valence-electron chi connectivity index (χ1n) is 4.11. The Bertz CT molecular complexity index is 299. The largest absolute Gasteiger partial charge is 0.303 e. The maximum atomic E-state index is 10.1. The van der Waals surface area contributed by atoms with E-state index in [4.69, 9.17) is 11.6 Å². The van der Waals surface area contributed by atoms with Crippen molar-refractivity contribution in [2.24, 2.45) is 0 Å². The number of halogens is 2. The van der Waals surface area contributed by atoms with Crippen LogP contribution in [0.25, 0.3) is 0 Å². The number of carbonyl (C=O) groups excluding carboxylic acids is 1. The summed E-state index contributed by atoms with van der Waals surface area (Å²) in [6.07, 6.45) is 3.36. The molecular weight excluding hydrogens is 251 g/mol. The topological polar surface area (TPSA) is 17.1 Å². The van der Waals surface area contributed by atoms with Crippen molar-refractivity contribution < 1.29 is 4.79 Å². The van der Waals surface area contributed by atoms with E-state index in [-0.39, 0.29) is 0 Å². The fourth-order valence-electron chi connectivity index (χ4n) is 1.08. The number of aryl methyl sites for hydroxylation is 1. The van der Waals surface area contributed by atoms with E-state index in [1.165, 1.54) is 5.56 Å². The van der Waals surface area contributed by atoms with Gasteiger partial charge in [0.25, 0.3) is 0 Å². The summed E-state index contributed by atoms with van der Waals surface area (Å²) in [4.78, 5) is 10.1. The monoisotopic (exact) mass is 260 g/mol. The highest BCUT2D eigenvalue weighted by atomic mass is 79.9. The van der Waals surface area contributed by atoms with Gasteiger partial charge in [0.2, 0.25) is 0 Å². The normalized spacial score (nSPS) is 10.0. The van der Waals surface area contributed by atoms with Crippen molar-refractivity contribution in [3.05, 3.63) is 33.3 Å². The maximum Gasteiger partial charge on any atom is 0.120 e. The standard InChI is InChI=1S/C10H10BrClO/c11-9-5-4-8(7-10(9)12)3-1-2-6-13/h4-7H,1-3H2. The van der Waals surface area contributed by atoms with Crippen molar-refractivity contribution in [1.29, 1.82) is 0 Å². The first-order chi connectivity index (χ1) is 6.24.